The molecular formula is C28H35N3. The van der Waals surface area contributed by atoms with Crippen LogP contribution in [-0.2, 0) is 25.8 Å². The van der Waals surface area contributed by atoms with E-state index < -0.39 is 0 Å². The zero-order valence-electron chi connectivity index (χ0n) is 18.8. The van der Waals surface area contributed by atoms with Crippen LogP contribution in [0.15, 0.2) is 67.0 Å². The normalized spacial score (nSPS) is 15.7. The van der Waals surface area contributed by atoms with Crippen LogP contribution in [0.1, 0.15) is 72.6 Å². The standard InChI is InChI=1S/C28H35N3/c1-31(27-19-9-16-25-18-11-21-30-28(25)27)22-26-24(17-10-20-29-26)15-8-3-2-5-12-23-13-6-4-7-14-23/h4,6-7,10-11,13-14,17-18,20-21,27H,2-3,5,8-9,12,15-16,19,22H2,1H3. The van der Waals surface area contributed by atoms with Crippen LogP contribution in [-0.4, -0.2) is 21.9 Å². The van der Waals surface area contributed by atoms with Crippen LogP contribution in [0.3, 0.4) is 0 Å². The number of unbranched alkanes of at least 4 members (excludes halogenated alkanes) is 3. The van der Waals surface area contributed by atoms with Gasteiger partial charge in [0.2, 0.25) is 0 Å². The van der Waals surface area contributed by atoms with Crippen molar-refractivity contribution in [3.63, 3.8) is 0 Å². The van der Waals surface area contributed by atoms with E-state index in [1.54, 1.807) is 0 Å². The maximum atomic E-state index is 4.76. The number of rotatable bonds is 10. The Labute approximate surface area is 187 Å². The molecule has 31 heavy (non-hydrogen) atoms. The van der Waals surface area contributed by atoms with Gasteiger partial charge in [0.25, 0.3) is 0 Å². The van der Waals surface area contributed by atoms with Crippen molar-refractivity contribution in [1.82, 2.24) is 14.9 Å². The van der Waals surface area contributed by atoms with Gasteiger partial charge in [0.05, 0.1) is 17.4 Å². The lowest BCUT2D eigenvalue weighted by Crippen LogP contribution is -2.29. The fourth-order valence-electron chi connectivity index (χ4n) is 4.84. The fourth-order valence-corrected chi connectivity index (χ4v) is 4.84. The van der Waals surface area contributed by atoms with E-state index in [2.05, 4.69) is 66.5 Å². The second-order valence-corrected chi connectivity index (χ2v) is 8.88. The number of aryl methyl sites for hydroxylation is 3. The number of benzene rings is 1. The Hall–Kier alpha value is -2.52. The largest absolute Gasteiger partial charge is 0.292 e. The number of fused-ring (bicyclic) bond motifs is 1. The molecular weight excluding hydrogens is 378 g/mol. The summed E-state index contributed by atoms with van der Waals surface area (Å²) < 4.78 is 0. The van der Waals surface area contributed by atoms with Gasteiger partial charge in [0.15, 0.2) is 0 Å². The van der Waals surface area contributed by atoms with E-state index >= 15 is 0 Å². The van der Waals surface area contributed by atoms with Crippen molar-refractivity contribution in [3.8, 4) is 0 Å². The molecule has 0 aliphatic heterocycles. The lowest BCUT2D eigenvalue weighted by molar-refractivity contribution is 0.205. The van der Waals surface area contributed by atoms with Gasteiger partial charge in [-0.3, -0.25) is 14.9 Å². The lowest BCUT2D eigenvalue weighted by atomic mass is 9.91. The van der Waals surface area contributed by atoms with E-state index in [1.165, 1.54) is 73.0 Å². The molecule has 1 aromatic carbocycles. The van der Waals surface area contributed by atoms with Crippen LogP contribution in [0, 0.1) is 0 Å². The minimum atomic E-state index is 0.401. The molecule has 0 N–H and O–H groups in total. The first-order chi connectivity index (χ1) is 15.3. The van der Waals surface area contributed by atoms with E-state index in [9.17, 15) is 0 Å². The summed E-state index contributed by atoms with van der Waals surface area (Å²) in [5.41, 5.74) is 6.79. The van der Waals surface area contributed by atoms with E-state index in [-0.39, 0.29) is 0 Å². The summed E-state index contributed by atoms with van der Waals surface area (Å²) in [6.07, 6.45) is 14.9. The summed E-state index contributed by atoms with van der Waals surface area (Å²) in [5, 5.41) is 0. The van der Waals surface area contributed by atoms with Gasteiger partial charge >= 0.3 is 0 Å². The van der Waals surface area contributed by atoms with E-state index in [0.717, 1.165) is 19.4 Å². The van der Waals surface area contributed by atoms with Crippen LogP contribution in [0.5, 0.6) is 0 Å². The van der Waals surface area contributed by atoms with Gasteiger partial charge < -0.3 is 0 Å². The molecule has 3 heteroatoms. The second-order valence-electron chi connectivity index (χ2n) is 8.88. The van der Waals surface area contributed by atoms with Gasteiger partial charge in [0.1, 0.15) is 0 Å². The molecule has 162 valence electrons. The Balaban J connectivity index is 1.27. The molecule has 0 fully saturated rings. The number of aromatic nitrogens is 2. The minimum absolute atomic E-state index is 0.401. The molecule has 0 spiro atoms. The highest BCUT2D eigenvalue weighted by Gasteiger charge is 2.25. The molecule has 4 rings (SSSR count). The number of hydrogen-bond donors (Lipinski definition) is 0. The topological polar surface area (TPSA) is 29.0 Å². The van der Waals surface area contributed by atoms with Crippen molar-refractivity contribution < 1.29 is 0 Å². The van der Waals surface area contributed by atoms with Gasteiger partial charge in [0, 0.05) is 18.9 Å². The maximum Gasteiger partial charge on any atom is 0.0607 e. The molecule has 0 radical (unpaired) electrons. The van der Waals surface area contributed by atoms with Crippen LogP contribution in [0.4, 0.5) is 0 Å². The van der Waals surface area contributed by atoms with Crippen LogP contribution in [0.2, 0.25) is 0 Å². The Morgan fingerprint density at radius 3 is 2.48 bits per heavy atom. The molecule has 1 aliphatic carbocycles. The summed E-state index contributed by atoms with van der Waals surface area (Å²) in [6, 6.07) is 19.9. The predicted octanol–water partition coefficient (Wildman–Crippen LogP) is 6.33. The first kappa shape index (κ1) is 21.7. The number of nitrogens with zero attached hydrogens (tertiary/aromatic N) is 3. The Morgan fingerprint density at radius 1 is 0.839 bits per heavy atom. The Kier molecular flexibility index (Phi) is 7.84. The van der Waals surface area contributed by atoms with E-state index in [0.29, 0.717) is 6.04 Å². The highest BCUT2D eigenvalue weighted by Crippen LogP contribution is 2.32. The first-order valence-corrected chi connectivity index (χ1v) is 11.9. The third kappa shape index (κ3) is 6.01. The van der Waals surface area contributed by atoms with E-state index in [4.69, 9.17) is 9.97 Å². The fraction of sp³-hybridized carbons (Fsp3) is 0.429. The molecule has 3 nitrogen and oxygen atoms in total. The highest BCUT2D eigenvalue weighted by molar-refractivity contribution is 5.26. The molecule has 2 heterocycles. The first-order valence-electron chi connectivity index (χ1n) is 11.9. The summed E-state index contributed by atoms with van der Waals surface area (Å²) in [4.78, 5) is 11.9. The van der Waals surface area contributed by atoms with Crippen molar-refractivity contribution in [2.75, 3.05) is 7.05 Å². The quantitative estimate of drug-likeness (QED) is 0.364. The van der Waals surface area contributed by atoms with Crippen molar-refractivity contribution in [2.45, 2.75) is 70.4 Å². The average Bonchev–Trinajstić information content (AvgIpc) is 2.82. The monoisotopic (exact) mass is 413 g/mol. The van der Waals surface area contributed by atoms with Crippen molar-refractivity contribution in [2.24, 2.45) is 0 Å². The van der Waals surface area contributed by atoms with Gasteiger partial charge in [-0.05, 0) is 80.8 Å². The third-order valence-electron chi connectivity index (χ3n) is 6.59. The summed E-state index contributed by atoms with van der Waals surface area (Å²) in [7, 11) is 2.23. The van der Waals surface area contributed by atoms with Crippen LogP contribution < -0.4 is 0 Å². The number of hydrogen-bond acceptors (Lipinski definition) is 3. The third-order valence-corrected chi connectivity index (χ3v) is 6.59. The molecule has 0 bridgehead atoms. The predicted molar refractivity (Wildman–Crippen MR) is 128 cm³/mol. The van der Waals surface area contributed by atoms with Gasteiger partial charge in [-0.25, -0.2) is 0 Å². The highest BCUT2D eigenvalue weighted by atomic mass is 15.1. The van der Waals surface area contributed by atoms with Crippen molar-refractivity contribution in [3.05, 3.63) is 95.1 Å². The van der Waals surface area contributed by atoms with Crippen LogP contribution >= 0.6 is 0 Å². The molecule has 0 saturated heterocycles. The van der Waals surface area contributed by atoms with E-state index in [1.807, 2.05) is 12.4 Å². The number of pyridine rings is 2. The van der Waals surface area contributed by atoms with Gasteiger partial charge in [-0.15, -0.1) is 0 Å². The van der Waals surface area contributed by atoms with Crippen molar-refractivity contribution >= 4 is 0 Å². The second kappa shape index (κ2) is 11.2. The molecule has 3 aromatic rings. The molecule has 2 aromatic heterocycles. The summed E-state index contributed by atoms with van der Waals surface area (Å²) in [5.74, 6) is 0. The van der Waals surface area contributed by atoms with Crippen molar-refractivity contribution in [1.29, 1.82) is 0 Å². The molecule has 0 saturated carbocycles. The van der Waals surface area contributed by atoms with Gasteiger partial charge in [-0.1, -0.05) is 55.3 Å². The molecule has 1 atom stereocenters. The zero-order valence-corrected chi connectivity index (χ0v) is 18.8. The lowest BCUT2D eigenvalue weighted by Gasteiger charge is -2.32. The molecule has 1 unspecified atom stereocenters. The average molecular weight is 414 g/mol. The van der Waals surface area contributed by atoms with Crippen LogP contribution in [0.25, 0.3) is 0 Å². The van der Waals surface area contributed by atoms with Gasteiger partial charge in [-0.2, -0.15) is 0 Å². The zero-order chi connectivity index (χ0) is 21.3. The molecule has 1 aliphatic rings. The maximum absolute atomic E-state index is 4.76. The SMILES string of the molecule is CN(Cc1ncccc1CCCCCCc1ccccc1)C1CCCc2cccnc21. The Morgan fingerprint density at radius 2 is 1.61 bits per heavy atom. The molecule has 0 amide bonds. The smallest absolute Gasteiger partial charge is 0.0607 e. The summed E-state index contributed by atoms with van der Waals surface area (Å²) >= 11 is 0. The summed E-state index contributed by atoms with van der Waals surface area (Å²) in [6.45, 7) is 0.894. The Bertz CT molecular complexity index is 938. The minimum Gasteiger partial charge on any atom is -0.292 e.